The molecule has 1 aliphatic rings. The van der Waals surface area contributed by atoms with Crippen LogP contribution in [-0.2, 0) is 10.2 Å². The summed E-state index contributed by atoms with van der Waals surface area (Å²) in [6.07, 6.45) is 0.893. The molecule has 1 saturated heterocycles. The average molecular weight is 239 g/mol. The maximum atomic E-state index is 13.9. The quantitative estimate of drug-likeness (QED) is 0.801. The molecule has 1 aromatic rings. The topological polar surface area (TPSA) is 29.1 Å². The Morgan fingerprint density at radius 1 is 1.29 bits per heavy atom. The fourth-order valence-electron chi connectivity index (χ4n) is 2.20. The van der Waals surface area contributed by atoms with Crippen LogP contribution in [-0.4, -0.2) is 12.5 Å². The highest BCUT2D eigenvalue weighted by Crippen LogP contribution is 2.33. The summed E-state index contributed by atoms with van der Waals surface area (Å²) >= 11 is 0. The molecule has 0 aromatic heterocycles. The van der Waals surface area contributed by atoms with Crippen LogP contribution in [0.25, 0.3) is 0 Å². The van der Waals surface area contributed by atoms with Crippen molar-refractivity contribution in [2.45, 2.75) is 32.1 Å². The molecule has 1 N–H and O–H groups in total. The van der Waals surface area contributed by atoms with Crippen LogP contribution in [0.15, 0.2) is 12.1 Å². The SMILES string of the molecule is Cc1cc(F)c(C2(C)CCC(=O)NC2)cc1F. The molecule has 1 heterocycles. The van der Waals surface area contributed by atoms with E-state index in [1.54, 1.807) is 0 Å². The van der Waals surface area contributed by atoms with Crippen LogP contribution < -0.4 is 5.32 Å². The minimum Gasteiger partial charge on any atom is -0.355 e. The van der Waals surface area contributed by atoms with Crippen LogP contribution in [0.1, 0.15) is 30.9 Å². The van der Waals surface area contributed by atoms with Crippen LogP contribution in [0.4, 0.5) is 8.78 Å². The molecule has 0 aliphatic carbocycles. The lowest BCUT2D eigenvalue weighted by atomic mass is 9.76. The zero-order valence-corrected chi connectivity index (χ0v) is 9.94. The molecule has 1 amide bonds. The number of carbonyl (C=O) groups is 1. The number of nitrogens with one attached hydrogen (secondary N) is 1. The third-order valence-electron chi connectivity index (χ3n) is 3.48. The van der Waals surface area contributed by atoms with Crippen molar-refractivity contribution in [3.8, 4) is 0 Å². The molecular formula is C13H15F2NO. The van der Waals surface area contributed by atoms with Gasteiger partial charge in [0.05, 0.1) is 0 Å². The third-order valence-corrected chi connectivity index (χ3v) is 3.48. The molecule has 1 unspecified atom stereocenters. The van der Waals surface area contributed by atoms with Crippen molar-refractivity contribution in [3.05, 3.63) is 34.9 Å². The summed E-state index contributed by atoms with van der Waals surface area (Å²) in [5, 5.41) is 2.70. The summed E-state index contributed by atoms with van der Waals surface area (Å²) in [6.45, 7) is 3.73. The van der Waals surface area contributed by atoms with Gasteiger partial charge in [-0.1, -0.05) is 6.92 Å². The Bertz CT molecular complexity index is 461. The van der Waals surface area contributed by atoms with Gasteiger partial charge in [-0.2, -0.15) is 0 Å². The van der Waals surface area contributed by atoms with Gasteiger partial charge in [-0.05, 0) is 36.6 Å². The van der Waals surface area contributed by atoms with Gasteiger partial charge >= 0.3 is 0 Å². The predicted molar refractivity (Wildman–Crippen MR) is 60.7 cm³/mol. The normalized spacial score (nSPS) is 24.6. The summed E-state index contributed by atoms with van der Waals surface area (Å²) in [4.78, 5) is 11.1. The van der Waals surface area contributed by atoms with Crippen molar-refractivity contribution in [3.63, 3.8) is 0 Å². The van der Waals surface area contributed by atoms with Crippen molar-refractivity contribution < 1.29 is 13.6 Å². The molecule has 0 bridgehead atoms. The number of benzene rings is 1. The number of hydrogen-bond donors (Lipinski definition) is 1. The smallest absolute Gasteiger partial charge is 0.220 e. The van der Waals surface area contributed by atoms with Crippen molar-refractivity contribution in [2.75, 3.05) is 6.54 Å². The summed E-state index contributed by atoms with van der Waals surface area (Å²) in [7, 11) is 0. The van der Waals surface area contributed by atoms with Gasteiger partial charge in [0, 0.05) is 18.4 Å². The van der Waals surface area contributed by atoms with Crippen molar-refractivity contribution >= 4 is 5.91 Å². The van der Waals surface area contributed by atoms with Gasteiger partial charge in [0.2, 0.25) is 5.91 Å². The lowest BCUT2D eigenvalue weighted by Gasteiger charge is -2.34. The first-order valence-corrected chi connectivity index (χ1v) is 5.65. The van der Waals surface area contributed by atoms with E-state index in [-0.39, 0.29) is 5.91 Å². The second kappa shape index (κ2) is 4.09. The first-order valence-electron chi connectivity index (χ1n) is 5.65. The maximum absolute atomic E-state index is 13.9. The number of amides is 1. The molecule has 2 rings (SSSR count). The number of piperidine rings is 1. The Labute approximate surface area is 99.0 Å². The number of hydrogen-bond acceptors (Lipinski definition) is 1. The van der Waals surface area contributed by atoms with Gasteiger partial charge < -0.3 is 5.32 Å². The van der Waals surface area contributed by atoms with Crippen molar-refractivity contribution in [1.29, 1.82) is 0 Å². The Hall–Kier alpha value is -1.45. The van der Waals surface area contributed by atoms with E-state index in [1.807, 2.05) is 6.92 Å². The number of carbonyl (C=O) groups excluding carboxylic acids is 1. The second-order valence-corrected chi connectivity index (χ2v) is 4.92. The molecule has 1 aliphatic heterocycles. The molecule has 0 spiro atoms. The highest BCUT2D eigenvalue weighted by atomic mass is 19.1. The van der Waals surface area contributed by atoms with Gasteiger partial charge in [0.25, 0.3) is 0 Å². The van der Waals surface area contributed by atoms with Gasteiger partial charge in [-0.3, -0.25) is 4.79 Å². The number of rotatable bonds is 1. The Balaban J connectivity index is 2.39. The lowest BCUT2D eigenvalue weighted by Crippen LogP contribution is -2.44. The maximum Gasteiger partial charge on any atom is 0.220 e. The molecule has 0 saturated carbocycles. The molecule has 17 heavy (non-hydrogen) atoms. The van der Waals surface area contributed by atoms with E-state index < -0.39 is 17.0 Å². The molecule has 0 radical (unpaired) electrons. The average Bonchev–Trinajstić information content (AvgIpc) is 2.28. The summed E-state index contributed by atoms with van der Waals surface area (Å²) < 4.78 is 27.4. The third kappa shape index (κ3) is 2.16. The minimum atomic E-state index is -0.521. The Morgan fingerprint density at radius 3 is 2.59 bits per heavy atom. The van der Waals surface area contributed by atoms with Gasteiger partial charge in [-0.25, -0.2) is 8.78 Å². The zero-order valence-electron chi connectivity index (χ0n) is 9.94. The van der Waals surface area contributed by atoms with E-state index in [0.717, 1.165) is 0 Å². The predicted octanol–water partition coefficient (Wildman–Crippen LogP) is 2.44. The van der Waals surface area contributed by atoms with Crippen LogP contribution >= 0.6 is 0 Å². The van der Waals surface area contributed by atoms with Crippen LogP contribution in [0.3, 0.4) is 0 Å². The fraction of sp³-hybridized carbons (Fsp3) is 0.462. The van der Waals surface area contributed by atoms with Gasteiger partial charge in [-0.15, -0.1) is 0 Å². The standard InChI is InChI=1S/C13H15F2NO/c1-8-5-11(15)9(6-10(8)14)13(2)4-3-12(17)16-7-13/h5-6H,3-4,7H2,1-2H3,(H,16,17). The van der Waals surface area contributed by atoms with E-state index in [4.69, 9.17) is 0 Å². The number of aryl methyl sites for hydroxylation is 1. The highest BCUT2D eigenvalue weighted by Gasteiger charge is 2.34. The van der Waals surface area contributed by atoms with Crippen molar-refractivity contribution in [2.24, 2.45) is 0 Å². The zero-order chi connectivity index (χ0) is 12.6. The van der Waals surface area contributed by atoms with E-state index >= 15 is 0 Å². The summed E-state index contributed by atoms with van der Waals surface area (Å²) in [5.74, 6) is -0.836. The van der Waals surface area contributed by atoms with Crippen LogP contribution in [0, 0.1) is 18.6 Å². The van der Waals surface area contributed by atoms with Gasteiger partial charge in [0.1, 0.15) is 11.6 Å². The van der Waals surface area contributed by atoms with E-state index in [2.05, 4.69) is 5.32 Å². The monoisotopic (exact) mass is 239 g/mol. The Morgan fingerprint density at radius 2 is 2.00 bits per heavy atom. The van der Waals surface area contributed by atoms with Crippen LogP contribution in [0.2, 0.25) is 0 Å². The molecule has 2 nitrogen and oxygen atoms in total. The molecule has 4 heteroatoms. The highest BCUT2D eigenvalue weighted by molar-refractivity contribution is 5.77. The number of halogens is 2. The van der Waals surface area contributed by atoms with Gasteiger partial charge in [0.15, 0.2) is 0 Å². The summed E-state index contributed by atoms with van der Waals surface area (Å²) in [5.41, 5.74) is 0.127. The fourth-order valence-corrected chi connectivity index (χ4v) is 2.20. The molecule has 1 fully saturated rings. The second-order valence-electron chi connectivity index (χ2n) is 4.92. The lowest BCUT2D eigenvalue weighted by molar-refractivity contribution is -0.123. The molecule has 92 valence electrons. The summed E-state index contributed by atoms with van der Waals surface area (Å²) in [6, 6.07) is 2.47. The molecule has 1 atom stereocenters. The van der Waals surface area contributed by atoms with E-state index in [1.165, 1.54) is 19.1 Å². The Kier molecular flexibility index (Phi) is 2.89. The van der Waals surface area contributed by atoms with E-state index in [9.17, 15) is 13.6 Å². The largest absolute Gasteiger partial charge is 0.355 e. The van der Waals surface area contributed by atoms with Crippen LogP contribution in [0.5, 0.6) is 0 Å². The first kappa shape index (κ1) is 12.0. The molecular weight excluding hydrogens is 224 g/mol. The van der Waals surface area contributed by atoms with E-state index in [0.29, 0.717) is 30.5 Å². The molecule has 1 aromatic carbocycles. The van der Waals surface area contributed by atoms with Crippen molar-refractivity contribution in [1.82, 2.24) is 5.32 Å². The minimum absolute atomic E-state index is 0.0320. The first-order chi connectivity index (χ1) is 7.92.